The van der Waals surface area contributed by atoms with Crippen LogP contribution in [0.4, 0.5) is 0 Å². The van der Waals surface area contributed by atoms with Gasteiger partial charge in [0.1, 0.15) is 11.2 Å². The number of hydrogen-bond acceptors (Lipinski definition) is 8. The molecular weight excluding hydrogens is 482 g/mol. The Hall–Kier alpha value is -2.83. The van der Waals surface area contributed by atoms with Crippen LogP contribution in [0.5, 0.6) is 5.88 Å². The highest BCUT2D eigenvalue weighted by atomic mass is 32.2. The van der Waals surface area contributed by atoms with E-state index in [2.05, 4.69) is 20.0 Å². The van der Waals surface area contributed by atoms with Crippen molar-refractivity contribution in [3.05, 3.63) is 28.2 Å². The molecule has 4 heterocycles. The van der Waals surface area contributed by atoms with Crippen molar-refractivity contribution < 1.29 is 13.2 Å². The van der Waals surface area contributed by atoms with Gasteiger partial charge in [0.15, 0.2) is 10.7 Å². The number of nitrogens with one attached hydrogen (secondary N) is 1. The van der Waals surface area contributed by atoms with Gasteiger partial charge in [0, 0.05) is 32.6 Å². The summed E-state index contributed by atoms with van der Waals surface area (Å²) in [6, 6.07) is 3.04. The number of likely N-dealkylation sites (N-methyl/N-ethyl adjacent to an activating group) is 1. The van der Waals surface area contributed by atoms with Crippen LogP contribution in [0.25, 0.3) is 22.4 Å². The number of hydrogen-bond donors (Lipinski definition) is 1. The van der Waals surface area contributed by atoms with E-state index >= 15 is 0 Å². The van der Waals surface area contributed by atoms with E-state index in [4.69, 9.17) is 9.72 Å². The average Bonchev–Trinajstić information content (AvgIpc) is 3.06. The maximum Gasteiger partial charge on any atom is 0.262 e. The predicted octanol–water partition coefficient (Wildman–Crippen LogP) is 2.10. The molecule has 3 aromatic heterocycles. The number of aromatic nitrogens is 5. The summed E-state index contributed by atoms with van der Waals surface area (Å²) in [6.45, 7) is 2.35. The highest BCUT2D eigenvalue weighted by Gasteiger charge is 2.29. The Balaban J connectivity index is 1.52. The number of fused-ring (bicyclic) bond motifs is 1. The molecule has 1 aliphatic heterocycles. The van der Waals surface area contributed by atoms with Crippen molar-refractivity contribution in [3.8, 4) is 17.3 Å². The van der Waals surface area contributed by atoms with Gasteiger partial charge in [0.25, 0.3) is 15.6 Å². The second kappa shape index (κ2) is 9.91. The Labute approximate surface area is 210 Å². The third kappa shape index (κ3) is 4.53. The van der Waals surface area contributed by atoms with E-state index in [1.54, 1.807) is 17.8 Å². The molecule has 36 heavy (non-hydrogen) atoms. The fraction of sp³-hybridized carbons (Fsp3) is 0.583. The zero-order chi connectivity index (χ0) is 25.4. The molecule has 1 aliphatic carbocycles. The lowest BCUT2D eigenvalue weighted by Gasteiger charge is -2.20. The molecule has 1 saturated heterocycles. The smallest absolute Gasteiger partial charge is 0.262 e. The SMILES string of the molecule is COc1nc(S(=O)(=O)N2CCCN(C)CC2)ccc1-c1nc2c(c(C3CCCCC3)nn2C)c(=O)[nH]1. The molecule has 0 bridgehead atoms. The minimum absolute atomic E-state index is 0.0835. The minimum Gasteiger partial charge on any atom is -0.480 e. The number of rotatable bonds is 5. The summed E-state index contributed by atoms with van der Waals surface area (Å²) in [5, 5.41) is 5.09. The standard InChI is InChI=1S/C24H33N7O4S/c1-29-12-7-13-31(15-14-29)36(33,34)18-11-10-17(24(25-18)35-3)21-26-22-19(23(32)27-21)20(28-30(22)2)16-8-5-4-6-9-16/h10-11,16H,4-9,12-15H2,1-3H3,(H,26,27,32). The third-order valence-electron chi connectivity index (χ3n) is 7.28. The molecule has 2 fully saturated rings. The Morgan fingerprint density at radius 3 is 2.53 bits per heavy atom. The van der Waals surface area contributed by atoms with E-state index in [0.717, 1.165) is 44.3 Å². The van der Waals surface area contributed by atoms with Gasteiger partial charge in [-0.2, -0.15) is 14.4 Å². The molecule has 0 radical (unpaired) electrons. The number of nitrogens with zero attached hydrogens (tertiary/aromatic N) is 6. The normalized spacial score (nSPS) is 19.0. The molecule has 1 saturated carbocycles. The molecule has 194 valence electrons. The van der Waals surface area contributed by atoms with Crippen molar-refractivity contribution in [1.29, 1.82) is 0 Å². The van der Waals surface area contributed by atoms with Crippen molar-refractivity contribution in [1.82, 2.24) is 33.9 Å². The molecule has 3 aromatic rings. The van der Waals surface area contributed by atoms with Gasteiger partial charge in [-0.15, -0.1) is 0 Å². The van der Waals surface area contributed by atoms with E-state index in [-0.39, 0.29) is 28.2 Å². The van der Waals surface area contributed by atoms with E-state index in [1.165, 1.54) is 23.9 Å². The van der Waals surface area contributed by atoms with Crippen LogP contribution in [0.3, 0.4) is 0 Å². The van der Waals surface area contributed by atoms with Gasteiger partial charge in [-0.25, -0.2) is 18.1 Å². The Kier molecular flexibility index (Phi) is 6.84. The van der Waals surface area contributed by atoms with Crippen molar-refractivity contribution in [2.24, 2.45) is 7.05 Å². The fourth-order valence-corrected chi connectivity index (χ4v) is 6.67. The number of aryl methyl sites for hydroxylation is 1. The first-order valence-electron chi connectivity index (χ1n) is 12.5. The van der Waals surface area contributed by atoms with Gasteiger partial charge in [-0.05, 0) is 45.0 Å². The van der Waals surface area contributed by atoms with E-state index < -0.39 is 10.0 Å². The van der Waals surface area contributed by atoms with Gasteiger partial charge in [-0.1, -0.05) is 19.3 Å². The van der Waals surface area contributed by atoms with Crippen LogP contribution in [-0.4, -0.2) is 82.7 Å². The summed E-state index contributed by atoms with van der Waals surface area (Å²) < 4.78 is 35.2. The maximum atomic E-state index is 13.3. The van der Waals surface area contributed by atoms with Crippen LogP contribution in [0.1, 0.15) is 50.1 Å². The summed E-state index contributed by atoms with van der Waals surface area (Å²) >= 11 is 0. The zero-order valence-electron chi connectivity index (χ0n) is 21.0. The summed E-state index contributed by atoms with van der Waals surface area (Å²) in [7, 11) is 1.40. The van der Waals surface area contributed by atoms with Gasteiger partial charge in [-0.3, -0.25) is 4.79 Å². The van der Waals surface area contributed by atoms with E-state index in [1.807, 2.05) is 7.05 Å². The Morgan fingerprint density at radius 2 is 1.78 bits per heavy atom. The molecule has 11 nitrogen and oxygen atoms in total. The molecule has 0 unspecified atom stereocenters. The predicted molar refractivity (Wildman–Crippen MR) is 136 cm³/mol. The number of methoxy groups -OCH3 is 1. The number of aromatic amines is 1. The maximum absolute atomic E-state index is 13.3. The summed E-state index contributed by atoms with van der Waals surface area (Å²) in [5.74, 6) is 0.603. The molecule has 5 rings (SSSR count). The summed E-state index contributed by atoms with van der Waals surface area (Å²) in [5.41, 5.74) is 1.44. The first kappa shape index (κ1) is 24.8. The molecule has 0 atom stereocenters. The second-order valence-electron chi connectivity index (χ2n) is 9.72. The molecule has 12 heteroatoms. The second-order valence-corrected chi connectivity index (χ2v) is 11.6. The third-order valence-corrected chi connectivity index (χ3v) is 9.08. The van der Waals surface area contributed by atoms with Gasteiger partial charge in [0.2, 0.25) is 5.88 Å². The van der Waals surface area contributed by atoms with Gasteiger partial charge >= 0.3 is 0 Å². The number of sulfonamides is 1. The van der Waals surface area contributed by atoms with Crippen LogP contribution in [0.2, 0.25) is 0 Å². The summed E-state index contributed by atoms with van der Waals surface area (Å²) in [4.78, 5) is 27.2. The van der Waals surface area contributed by atoms with Crippen molar-refractivity contribution in [2.75, 3.05) is 40.3 Å². The molecule has 1 N–H and O–H groups in total. The van der Waals surface area contributed by atoms with Crippen LogP contribution in [0, 0.1) is 0 Å². The quantitative estimate of drug-likeness (QED) is 0.548. The lowest BCUT2D eigenvalue weighted by atomic mass is 9.86. The van der Waals surface area contributed by atoms with Gasteiger partial charge in [0.05, 0.1) is 18.4 Å². The Bertz CT molecular complexity index is 1430. The van der Waals surface area contributed by atoms with Crippen LogP contribution < -0.4 is 10.3 Å². The van der Waals surface area contributed by atoms with E-state index in [0.29, 0.717) is 36.2 Å². The minimum atomic E-state index is -3.79. The zero-order valence-corrected chi connectivity index (χ0v) is 21.8. The molecule has 0 aromatic carbocycles. The molecule has 0 amide bonds. The Morgan fingerprint density at radius 1 is 1.00 bits per heavy atom. The fourth-order valence-electron chi connectivity index (χ4n) is 5.27. The van der Waals surface area contributed by atoms with Crippen molar-refractivity contribution >= 4 is 21.1 Å². The number of H-pyrrole nitrogens is 1. The lowest BCUT2D eigenvalue weighted by Crippen LogP contribution is -2.35. The number of pyridine rings is 1. The van der Waals surface area contributed by atoms with Crippen LogP contribution >= 0.6 is 0 Å². The van der Waals surface area contributed by atoms with Crippen molar-refractivity contribution in [3.63, 3.8) is 0 Å². The summed E-state index contributed by atoms with van der Waals surface area (Å²) in [6.07, 6.45) is 6.29. The van der Waals surface area contributed by atoms with Gasteiger partial charge < -0.3 is 14.6 Å². The molecule has 2 aliphatic rings. The number of ether oxygens (including phenoxy) is 1. The first-order chi connectivity index (χ1) is 17.3. The lowest BCUT2D eigenvalue weighted by molar-refractivity contribution is 0.346. The van der Waals surface area contributed by atoms with Crippen molar-refractivity contribution in [2.45, 2.75) is 49.5 Å². The monoisotopic (exact) mass is 515 g/mol. The highest BCUT2D eigenvalue weighted by molar-refractivity contribution is 7.89. The first-order valence-corrected chi connectivity index (χ1v) is 13.9. The largest absolute Gasteiger partial charge is 0.480 e. The van der Waals surface area contributed by atoms with Crippen LogP contribution in [0.15, 0.2) is 22.0 Å². The van der Waals surface area contributed by atoms with Crippen LogP contribution in [-0.2, 0) is 17.1 Å². The highest BCUT2D eigenvalue weighted by Crippen LogP contribution is 2.35. The molecule has 0 spiro atoms. The van der Waals surface area contributed by atoms with E-state index in [9.17, 15) is 13.2 Å². The topological polar surface area (TPSA) is 126 Å². The average molecular weight is 516 g/mol. The molecular formula is C24H33N7O4S.